The van der Waals surface area contributed by atoms with Gasteiger partial charge < -0.3 is 9.67 Å². The van der Waals surface area contributed by atoms with Gasteiger partial charge in [0.1, 0.15) is 5.82 Å². The fourth-order valence-corrected chi connectivity index (χ4v) is 1.54. The van der Waals surface area contributed by atoms with Crippen LogP contribution >= 0.6 is 0 Å². The largest absolute Gasteiger partial charge is 0.492 e. The zero-order valence-corrected chi connectivity index (χ0v) is 8.94. The molecule has 0 fully saturated rings. The van der Waals surface area contributed by atoms with E-state index in [0.717, 1.165) is 12.2 Å². The molecule has 0 unspecified atom stereocenters. The van der Waals surface area contributed by atoms with Gasteiger partial charge in [-0.3, -0.25) is 0 Å². The maximum Gasteiger partial charge on any atom is 0.229 e. The lowest BCUT2D eigenvalue weighted by Crippen LogP contribution is -1.98. The number of rotatable bonds is 2. The van der Waals surface area contributed by atoms with E-state index in [1.54, 1.807) is 6.20 Å². The number of aryl methyl sites for hydroxylation is 2. The predicted molar refractivity (Wildman–Crippen MR) is 58.9 cm³/mol. The van der Waals surface area contributed by atoms with E-state index in [4.69, 9.17) is 0 Å². The van der Waals surface area contributed by atoms with Crippen molar-refractivity contribution in [1.29, 1.82) is 0 Å². The summed E-state index contributed by atoms with van der Waals surface area (Å²) in [6, 6.07) is 8.33. The molecule has 0 aliphatic carbocycles. The molecule has 0 bridgehead atoms. The minimum atomic E-state index is 0.0830. The summed E-state index contributed by atoms with van der Waals surface area (Å²) in [5, 5.41) is 9.22. The van der Waals surface area contributed by atoms with Gasteiger partial charge in [-0.25, -0.2) is 0 Å². The van der Waals surface area contributed by atoms with Gasteiger partial charge in [-0.1, -0.05) is 29.8 Å². The van der Waals surface area contributed by atoms with E-state index in [9.17, 15) is 5.11 Å². The van der Waals surface area contributed by atoms with Crippen molar-refractivity contribution in [3.05, 3.63) is 47.4 Å². The fraction of sp³-hybridized carbons (Fsp3) is 0.250. The third-order valence-corrected chi connectivity index (χ3v) is 2.44. The summed E-state index contributed by atoms with van der Waals surface area (Å²) in [5.41, 5.74) is 2.45. The van der Waals surface area contributed by atoms with Gasteiger partial charge in [0.2, 0.25) is 5.88 Å². The van der Waals surface area contributed by atoms with Gasteiger partial charge in [0, 0.05) is 13.5 Å². The van der Waals surface area contributed by atoms with E-state index in [1.165, 1.54) is 11.1 Å². The van der Waals surface area contributed by atoms with E-state index >= 15 is 0 Å². The molecule has 1 aromatic heterocycles. The van der Waals surface area contributed by atoms with Crippen LogP contribution in [0.1, 0.15) is 17.0 Å². The molecule has 1 aromatic carbocycles. The molecule has 1 N–H and O–H groups in total. The average Bonchev–Trinajstić information content (AvgIpc) is 2.49. The number of benzene rings is 1. The van der Waals surface area contributed by atoms with Crippen LogP contribution in [0, 0.1) is 6.92 Å². The number of hydrogen-bond donors (Lipinski definition) is 1. The molecule has 2 rings (SSSR count). The number of nitrogens with zero attached hydrogens (tertiary/aromatic N) is 2. The second-order valence-electron chi connectivity index (χ2n) is 3.79. The lowest BCUT2D eigenvalue weighted by Gasteiger charge is -2.01. The summed E-state index contributed by atoms with van der Waals surface area (Å²) < 4.78 is 1.84. The van der Waals surface area contributed by atoms with Crippen LogP contribution in [0.3, 0.4) is 0 Å². The van der Waals surface area contributed by atoms with Gasteiger partial charge in [-0.15, -0.1) is 0 Å². The van der Waals surface area contributed by atoms with Crippen LogP contribution in [0.2, 0.25) is 0 Å². The van der Waals surface area contributed by atoms with Crippen molar-refractivity contribution >= 4 is 0 Å². The minimum Gasteiger partial charge on any atom is -0.492 e. The highest BCUT2D eigenvalue weighted by Crippen LogP contribution is 2.12. The van der Waals surface area contributed by atoms with Crippen LogP contribution < -0.4 is 0 Å². The molecule has 0 atom stereocenters. The Balaban J connectivity index is 2.21. The summed E-state index contributed by atoms with van der Waals surface area (Å²) >= 11 is 0. The Hall–Kier alpha value is -1.77. The van der Waals surface area contributed by atoms with E-state index in [0.29, 0.717) is 0 Å². The monoisotopic (exact) mass is 202 g/mol. The molecule has 0 aliphatic heterocycles. The lowest BCUT2D eigenvalue weighted by molar-refractivity contribution is 0.455. The Bertz CT molecular complexity index is 457. The van der Waals surface area contributed by atoms with Crippen LogP contribution in [0.5, 0.6) is 5.88 Å². The van der Waals surface area contributed by atoms with E-state index in [2.05, 4.69) is 36.2 Å². The van der Waals surface area contributed by atoms with Crippen molar-refractivity contribution in [3.63, 3.8) is 0 Å². The second kappa shape index (κ2) is 3.77. The van der Waals surface area contributed by atoms with Crippen LogP contribution in [0.25, 0.3) is 0 Å². The molecule has 0 spiro atoms. The molecule has 1 heterocycles. The van der Waals surface area contributed by atoms with Crippen molar-refractivity contribution in [1.82, 2.24) is 9.55 Å². The lowest BCUT2D eigenvalue weighted by atomic mass is 10.1. The highest BCUT2D eigenvalue weighted by Gasteiger charge is 2.04. The zero-order chi connectivity index (χ0) is 10.8. The topological polar surface area (TPSA) is 38.1 Å². The SMILES string of the molecule is Cc1ccc(Cc2nc(O)cn2C)cc1. The summed E-state index contributed by atoms with van der Waals surface area (Å²) in [5.74, 6) is 0.955. The number of aromatic nitrogens is 2. The molecule has 0 saturated heterocycles. The molecule has 2 aromatic rings. The Morgan fingerprint density at radius 2 is 1.93 bits per heavy atom. The quantitative estimate of drug-likeness (QED) is 0.809. The molecule has 3 nitrogen and oxygen atoms in total. The first-order valence-electron chi connectivity index (χ1n) is 4.92. The Morgan fingerprint density at radius 1 is 1.27 bits per heavy atom. The molecule has 0 saturated carbocycles. The van der Waals surface area contributed by atoms with Gasteiger partial charge in [0.05, 0.1) is 6.20 Å². The van der Waals surface area contributed by atoms with Crippen molar-refractivity contribution in [2.75, 3.05) is 0 Å². The minimum absolute atomic E-state index is 0.0830. The molecular weight excluding hydrogens is 188 g/mol. The van der Waals surface area contributed by atoms with Crippen LogP contribution in [-0.2, 0) is 13.5 Å². The van der Waals surface area contributed by atoms with Gasteiger partial charge in [0.15, 0.2) is 0 Å². The molecule has 0 radical (unpaired) electrons. The average molecular weight is 202 g/mol. The predicted octanol–water partition coefficient (Wildman–Crippen LogP) is 2.02. The maximum atomic E-state index is 9.22. The molecule has 0 amide bonds. The molecular formula is C12H14N2O. The van der Waals surface area contributed by atoms with Gasteiger partial charge in [0.25, 0.3) is 0 Å². The highest BCUT2D eigenvalue weighted by molar-refractivity contribution is 5.24. The fourth-order valence-electron chi connectivity index (χ4n) is 1.54. The second-order valence-corrected chi connectivity index (χ2v) is 3.79. The Labute approximate surface area is 89.0 Å². The number of hydrogen-bond acceptors (Lipinski definition) is 2. The number of aromatic hydroxyl groups is 1. The number of imidazole rings is 1. The molecule has 3 heteroatoms. The van der Waals surface area contributed by atoms with Crippen LogP contribution in [0.15, 0.2) is 30.5 Å². The normalized spacial score (nSPS) is 10.5. The summed E-state index contributed by atoms with van der Waals surface area (Å²) in [6.45, 7) is 2.07. The smallest absolute Gasteiger partial charge is 0.229 e. The van der Waals surface area contributed by atoms with E-state index in [1.807, 2.05) is 11.6 Å². The van der Waals surface area contributed by atoms with Gasteiger partial charge in [-0.05, 0) is 12.5 Å². The van der Waals surface area contributed by atoms with E-state index in [-0.39, 0.29) is 5.88 Å². The molecule has 15 heavy (non-hydrogen) atoms. The first-order chi connectivity index (χ1) is 7.15. The first kappa shape index (κ1) is 9.77. The molecule has 0 aliphatic rings. The van der Waals surface area contributed by atoms with Crippen molar-refractivity contribution < 1.29 is 5.11 Å². The third-order valence-electron chi connectivity index (χ3n) is 2.44. The van der Waals surface area contributed by atoms with Crippen LogP contribution in [0.4, 0.5) is 0 Å². The summed E-state index contributed by atoms with van der Waals surface area (Å²) in [4.78, 5) is 4.05. The van der Waals surface area contributed by atoms with Crippen LogP contribution in [-0.4, -0.2) is 14.7 Å². The van der Waals surface area contributed by atoms with E-state index < -0.39 is 0 Å². The zero-order valence-electron chi connectivity index (χ0n) is 8.94. The Kier molecular flexibility index (Phi) is 2.46. The maximum absolute atomic E-state index is 9.22. The summed E-state index contributed by atoms with van der Waals surface area (Å²) in [7, 11) is 1.89. The van der Waals surface area contributed by atoms with Crippen molar-refractivity contribution in [3.8, 4) is 5.88 Å². The van der Waals surface area contributed by atoms with Crippen molar-refractivity contribution in [2.45, 2.75) is 13.3 Å². The Morgan fingerprint density at radius 3 is 2.47 bits per heavy atom. The standard InChI is InChI=1S/C12H14N2O/c1-9-3-5-10(6-4-9)7-11-13-12(15)8-14(11)2/h3-6,8,15H,7H2,1-2H3. The van der Waals surface area contributed by atoms with Gasteiger partial charge in [-0.2, -0.15) is 4.98 Å². The first-order valence-corrected chi connectivity index (χ1v) is 4.92. The summed E-state index contributed by atoms with van der Waals surface area (Å²) in [6.07, 6.45) is 2.36. The third kappa shape index (κ3) is 2.18. The van der Waals surface area contributed by atoms with Crippen molar-refractivity contribution in [2.24, 2.45) is 7.05 Å². The molecule has 78 valence electrons. The highest BCUT2D eigenvalue weighted by atomic mass is 16.3. The van der Waals surface area contributed by atoms with Gasteiger partial charge >= 0.3 is 0 Å².